The van der Waals surface area contributed by atoms with Gasteiger partial charge in [0.25, 0.3) is 0 Å². The minimum Gasteiger partial charge on any atom is -0.390 e. The van der Waals surface area contributed by atoms with Gasteiger partial charge in [-0.1, -0.05) is 52.2 Å². The van der Waals surface area contributed by atoms with Crippen molar-refractivity contribution in [2.24, 2.45) is 40.4 Å². The van der Waals surface area contributed by atoms with Crippen LogP contribution in [0.3, 0.4) is 0 Å². The Kier molecular flexibility index (Phi) is 12.2. The Morgan fingerprint density at radius 3 is 2.49 bits per heavy atom. The van der Waals surface area contributed by atoms with Crippen LogP contribution in [0.4, 0.5) is 0 Å². The minimum atomic E-state index is -0.574. The number of nitrogens with one attached hydrogen (secondary N) is 1. The molecule has 7 nitrogen and oxygen atoms in total. The van der Waals surface area contributed by atoms with Crippen molar-refractivity contribution < 1.29 is 29.2 Å². The molecule has 0 heterocycles. The minimum absolute atomic E-state index is 0.0446. The van der Waals surface area contributed by atoms with Crippen molar-refractivity contribution in [2.75, 3.05) is 39.6 Å². The molecule has 0 aliphatic heterocycles. The quantitative estimate of drug-likeness (QED) is 0.146. The van der Waals surface area contributed by atoms with Crippen LogP contribution >= 0.6 is 0 Å². The van der Waals surface area contributed by atoms with Gasteiger partial charge in [0.2, 0.25) is 5.91 Å². The van der Waals surface area contributed by atoms with Gasteiger partial charge in [0.15, 0.2) is 0 Å². The molecule has 248 valence electrons. The molecule has 4 aliphatic rings. The fourth-order valence-corrected chi connectivity index (χ4v) is 9.77. The summed E-state index contributed by atoms with van der Waals surface area (Å²) in [7, 11) is 0. The highest BCUT2D eigenvalue weighted by molar-refractivity contribution is 5.75. The predicted molar refractivity (Wildman–Crippen MR) is 171 cm³/mol. The first-order valence-corrected chi connectivity index (χ1v) is 17.5. The molecule has 9 atom stereocenters. The molecule has 3 saturated carbocycles. The summed E-state index contributed by atoms with van der Waals surface area (Å²) in [5.74, 6) is 2.96. The Morgan fingerprint density at radius 2 is 1.77 bits per heavy atom. The zero-order valence-electron chi connectivity index (χ0n) is 28.2. The van der Waals surface area contributed by atoms with Gasteiger partial charge in [-0.2, -0.15) is 0 Å². The van der Waals surface area contributed by atoms with Gasteiger partial charge in [0.1, 0.15) is 0 Å². The van der Waals surface area contributed by atoms with Crippen LogP contribution in [0.2, 0.25) is 0 Å². The molecule has 3 fully saturated rings. The molecule has 0 aromatic heterocycles. The number of fused-ring (bicyclic) bond motifs is 5. The smallest absolute Gasteiger partial charge is 0.219 e. The molecule has 4 aliphatic carbocycles. The summed E-state index contributed by atoms with van der Waals surface area (Å²) in [6, 6.07) is 0. The molecular weight excluding hydrogens is 542 g/mol. The predicted octanol–water partition coefficient (Wildman–Crippen LogP) is 6.06. The second kappa shape index (κ2) is 15.1. The van der Waals surface area contributed by atoms with Gasteiger partial charge < -0.3 is 29.7 Å². The lowest BCUT2D eigenvalue weighted by atomic mass is 9.46. The molecule has 0 saturated heterocycles. The van der Waals surface area contributed by atoms with E-state index in [0.29, 0.717) is 75.1 Å². The standard InChI is InChI=1S/C36H63NO6/c1-7-32(39)37-17-18-41-19-20-42-21-22-43-27-12-15-35(5)26(23-27)24-31(38)33-29-11-10-28(36(29,6)16-13-30(33)35)25(2)9-8-14-34(3,4)40/h24-25,27-31,33,38,40H,7-23H2,1-6H3,(H,37,39)/t25-,27+,28-,29+,30+,31-,33+,35+,36-/m1/s1. The first-order valence-electron chi connectivity index (χ1n) is 17.5. The van der Waals surface area contributed by atoms with E-state index in [-0.39, 0.29) is 23.5 Å². The summed E-state index contributed by atoms with van der Waals surface area (Å²) in [5, 5.41) is 24.6. The van der Waals surface area contributed by atoms with E-state index in [0.717, 1.165) is 38.0 Å². The van der Waals surface area contributed by atoms with Crippen molar-refractivity contribution in [3.8, 4) is 0 Å². The van der Waals surface area contributed by atoms with E-state index in [2.05, 4.69) is 32.2 Å². The lowest BCUT2D eigenvalue weighted by Gasteiger charge is -2.59. The lowest BCUT2D eigenvalue weighted by molar-refractivity contribution is -0.121. The van der Waals surface area contributed by atoms with Gasteiger partial charge in [-0.25, -0.2) is 0 Å². The van der Waals surface area contributed by atoms with Crippen molar-refractivity contribution in [1.82, 2.24) is 5.32 Å². The first kappa shape index (κ1) is 34.9. The van der Waals surface area contributed by atoms with Gasteiger partial charge >= 0.3 is 0 Å². The van der Waals surface area contributed by atoms with E-state index in [1.807, 2.05) is 20.8 Å². The molecule has 7 heteroatoms. The maximum absolute atomic E-state index is 11.7. The zero-order valence-corrected chi connectivity index (χ0v) is 28.2. The summed E-state index contributed by atoms with van der Waals surface area (Å²) in [6.07, 6.45) is 13.9. The third-order valence-corrected chi connectivity index (χ3v) is 12.1. The molecule has 0 spiro atoms. The largest absolute Gasteiger partial charge is 0.390 e. The number of hydrogen-bond donors (Lipinski definition) is 3. The molecule has 0 unspecified atom stereocenters. The maximum atomic E-state index is 11.7. The van der Waals surface area contributed by atoms with Crippen LogP contribution in [-0.2, 0) is 19.0 Å². The second-order valence-electron chi connectivity index (χ2n) is 15.5. The molecule has 0 aromatic rings. The summed E-state index contributed by atoms with van der Waals surface area (Å²) < 4.78 is 17.5. The number of aliphatic hydroxyl groups is 2. The van der Waals surface area contributed by atoms with Crippen LogP contribution in [0.5, 0.6) is 0 Å². The van der Waals surface area contributed by atoms with Crippen molar-refractivity contribution >= 4 is 5.91 Å². The Balaban J connectivity index is 1.23. The van der Waals surface area contributed by atoms with Crippen LogP contribution in [0.25, 0.3) is 0 Å². The van der Waals surface area contributed by atoms with Gasteiger partial charge in [0, 0.05) is 13.0 Å². The molecular formula is C36H63NO6. The van der Waals surface area contributed by atoms with Crippen LogP contribution in [0.1, 0.15) is 112 Å². The Labute approximate surface area is 261 Å². The number of carbonyl (C=O) groups excluding carboxylic acids is 1. The van der Waals surface area contributed by atoms with E-state index in [1.165, 1.54) is 37.7 Å². The van der Waals surface area contributed by atoms with Gasteiger partial charge in [0.05, 0.1) is 50.8 Å². The van der Waals surface area contributed by atoms with E-state index >= 15 is 0 Å². The van der Waals surface area contributed by atoms with E-state index in [4.69, 9.17) is 14.2 Å². The van der Waals surface area contributed by atoms with Crippen molar-refractivity contribution in [3.05, 3.63) is 11.6 Å². The Hall–Kier alpha value is -0.990. The number of amides is 1. The number of rotatable bonds is 16. The summed E-state index contributed by atoms with van der Waals surface area (Å²) >= 11 is 0. The van der Waals surface area contributed by atoms with E-state index in [9.17, 15) is 15.0 Å². The molecule has 0 bridgehead atoms. The monoisotopic (exact) mass is 605 g/mol. The number of aliphatic hydroxyl groups excluding tert-OH is 1. The molecule has 0 radical (unpaired) electrons. The van der Waals surface area contributed by atoms with Gasteiger partial charge in [-0.15, -0.1) is 0 Å². The van der Waals surface area contributed by atoms with Crippen molar-refractivity contribution in [2.45, 2.75) is 130 Å². The van der Waals surface area contributed by atoms with Crippen molar-refractivity contribution in [1.29, 1.82) is 0 Å². The number of hydrogen-bond acceptors (Lipinski definition) is 6. The molecule has 43 heavy (non-hydrogen) atoms. The SMILES string of the molecule is CCC(=O)NCCOCCOCCO[C@H]1CC[C@@]2(C)C(=C[C@@H](O)[C@H]3[C@@H]4CC[C@H]([C@H](C)CCCC(C)(C)O)[C@@]4(C)CC[C@@H]32)C1. The second-order valence-corrected chi connectivity index (χ2v) is 15.5. The summed E-state index contributed by atoms with van der Waals surface area (Å²) in [6.45, 7) is 16.4. The third kappa shape index (κ3) is 8.44. The lowest BCUT2D eigenvalue weighted by Crippen LogP contribution is -2.55. The zero-order chi connectivity index (χ0) is 31.3. The summed E-state index contributed by atoms with van der Waals surface area (Å²) in [5.41, 5.74) is 1.34. The highest BCUT2D eigenvalue weighted by atomic mass is 16.5. The van der Waals surface area contributed by atoms with Crippen LogP contribution in [-0.4, -0.2) is 73.5 Å². The maximum Gasteiger partial charge on any atom is 0.219 e. The van der Waals surface area contributed by atoms with Crippen LogP contribution in [0, 0.1) is 40.4 Å². The van der Waals surface area contributed by atoms with Crippen molar-refractivity contribution in [3.63, 3.8) is 0 Å². The van der Waals surface area contributed by atoms with E-state index in [1.54, 1.807) is 0 Å². The fourth-order valence-electron chi connectivity index (χ4n) is 9.77. The van der Waals surface area contributed by atoms with E-state index < -0.39 is 5.60 Å². The highest BCUT2D eigenvalue weighted by Gasteiger charge is 2.61. The number of carbonyl (C=O) groups is 1. The van der Waals surface area contributed by atoms with Crippen LogP contribution in [0.15, 0.2) is 11.6 Å². The first-order chi connectivity index (χ1) is 20.4. The molecule has 1 amide bonds. The molecule has 3 N–H and O–H groups in total. The average molecular weight is 606 g/mol. The third-order valence-electron chi connectivity index (χ3n) is 12.1. The molecule has 0 aromatic carbocycles. The normalized spacial score (nSPS) is 36.3. The Bertz CT molecular complexity index is 931. The Morgan fingerprint density at radius 1 is 1.05 bits per heavy atom. The topological polar surface area (TPSA) is 97.3 Å². The van der Waals surface area contributed by atoms with Crippen LogP contribution < -0.4 is 5.32 Å². The number of ether oxygens (including phenoxy) is 3. The average Bonchev–Trinajstić information content (AvgIpc) is 3.31. The fraction of sp³-hybridized carbons (Fsp3) is 0.917. The highest BCUT2D eigenvalue weighted by Crippen LogP contribution is 2.67. The molecule has 4 rings (SSSR count). The summed E-state index contributed by atoms with van der Waals surface area (Å²) in [4.78, 5) is 11.2. The van der Waals surface area contributed by atoms with Gasteiger partial charge in [-0.05, 0) is 106 Å². The van der Waals surface area contributed by atoms with Gasteiger partial charge in [-0.3, -0.25) is 4.79 Å².